The fourth-order valence-corrected chi connectivity index (χ4v) is 2.25. The van der Waals surface area contributed by atoms with Crippen LogP contribution in [-0.4, -0.2) is 0 Å². The van der Waals surface area contributed by atoms with Crippen LogP contribution in [0.5, 0.6) is 0 Å². The summed E-state index contributed by atoms with van der Waals surface area (Å²) < 4.78 is 25.0. The first-order valence-corrected chi connectivity index (χ1v) is 6.81. The minimum atomic E-state index is -2.40. The van der Waals surface area contributed by atoms with Gasteiger partial charge >= 0.3 is 0 Å². The SMILES string of the molecule is CCc1cccc(C)c1NCc1ccc(C(F)F)cc1. The molecule has 0 aromatic heterocycles. The zero-order valence-electron chi connectivity index (χ0n) is 11.8. The summed E-state index contributed by atoms with van der Waals surface area (Å²) in [5.74, 6) is 0. The molecule has 0 bridgehead atoms. The van der Waals surface area contributed by atoms with Gasteiger partial charge in [0.15, 0.2) is 0 Å². The lowest BCUT2D eigenvalue weighted by molar-refractivity contribution is 0.151. The number of rotatable bonds is 5. The topological polar surface area (TPSA) is 12.0 Å². The summed E-state index contributed by atoms with van der Waals surface area (Å²) in [7, 11) is 0. The van der Waals surface area contributed by atoms with Crippen molar-refractivity contribution in [2.75, 3.05) is 5.32 Å². The lowest BCUT2D eigenvalue weighted by atomic mass is 10.1. The number of hydrogen-bond acceptors (Lipinski definition) is 1. The maximum absolute atomic E-state index is 12.5. The molecule has 1 N–H and O–H groups in total. The van der Waals surface area contributed by atoms with E-state index in [1.807, 2.05) is 0 Å². The third kappa shape index (κ3) is 3.35. The Bertz CT molecular complexity index is 562. The predicted octanol–water partition coefficient (Wildman–Crippen LogP) is 5.11. The predicted molar refractivity (Wildman–Crippen MR) is 79.3 cm³/mol. The smallest absolute Gasteiger partial charge is 0.263 e. The van der Waals surface area contributed by atoms with Gasteiger partial charge < -0.3 is 5.32 Å². The molecule has 0 amide bonds. The summed E-state index contributed by atoms with van der Waals surface area (Å²) in [5.41, 5.74) is 4.69. The Hall–Kier alpha value is -1.90. The average molecular weight is 275 g/mol. The van der Waals surface area contributed by atoms with Crippen molar-refractivity contribution in [3.05, 3.63) is 64.7 Å². The van der Waals surface area contributed by atoms with E-state index in [2.05, 4.69) is 37.4 Å². The van der Waals surface area contributed by atoms with Crippen molar-refractivity contribution in [1.29, 1.82) is 0 Å². The fraction of sp³-hybridized carbons (Fsp3) is 0.294. The molecule has 0 atom stereocenters. The second kappa shape index (κ2) is 6.51. The van der Waals surface area contributed by atoms with Crippen LogP contribution < -0.4 is 5.32 Å². The van der Waals surface area contributed by atoms with E-state index in [1.54, 1.807) is 12.1 Å². The van der Waals surface area contributed by atoms with Crippen LogP contribution in [0.4, 0.5) is 14.5 Å². The Morgan fingerprint density at radius 1 is 1.05 bits per heavy atom. The second-order valence-electron chi connectivity index (χ2n) is 4.86. The van der Waals surface area contributed by atoms with Gasteiger partial charge in [0.2, 0.25) is 0 Å². The van der Waals surface area contributed by atoms with E-state index >= 15 is 0 Å². The molecular formula is C17H19F2N. The molecule has 0 spiro atoms. The zero-order chi connectivity index (χ0) is 14.5. The molecule has 0 aliphatic heterocycles. The Morgan fingerprint density at radius 3 is 2.35 bits per heavy atom. The highest BCUT2D eigenvalue weighted by molar-refractivity contribution is 5.57. The van der Waals surface area contributed by atoms with Crippen molar-refractivity contribution in [2.45, 2.75) is 33.2 Å². The number of para-hydroxylation sites is 1. The maximum Gasteiger partial charge on any atom is 0.263 e. The minimum absolute atomic E-state index is 0.0684. The molecule has 1 nitrogen and oxygen atoms in total. The molecule has 2 aromatic rings. The number of aryl methyl sites for hydroxylation is 2. The summed E-state index contributed by atoms with van der Waals surface area (Å²) in [6.07, 6.45) is -1.44. The summed E-state index contributed by atoms with van der Waals surface area (Å²) in [5, 5.41) is 3.41. The van der Waals surface area contributed by atoms with Gasteiger partial charge in [-0.1, -0.05) is 49.4 Å². The van der Waals surface area contributed by atoms with Crippen LogP contribution in [-0.2, 0) is 13.0 Å². The van der Waals surface area contributed by atoms with Gasteiger partial charge in [0.05, 0.1) is 0 Å². The highest BCUT2D eigenvalue weighted by Crippen LogP contribution is 2.23. The molecule has 0 aliphatic carbocycles. The van der Waals surface area contributed by atoms with E-state index in [0.717, 1.165) is 17.7 Å². The largest absolute Gasteiger partial charge is 0.381 e. The Morgan fingerprint density at radius 2 is 1.75 bits per heavy atom. The van der Waals surface area contributed by atoms with Gasteiger partial charge in [-0.05, 0) is 30.0 Å². The standard InChI is InChI=1S/C17H19F2N/c1-3-14-6-4-5-12(2)16(14)20-11-13-7-9-15(10-8-13)17(18)19/h4-10,17,20H,3,11H2,1-2H3. The zero-order valence-corrected chi connectivity index (χ0v) is 11.8. The number of nitrogens with one attached hydrogen (secondary N) is 1. The van der Waals surface area contributed by atoms with E-state index in [-0.39, 0.29) is 5.56 Å². The van der Waals surface area contributed by atoms with Crippen molar-refractivity contribution < 1.29 is 8.78 Å². The van der Waals surface area contributed by atoms with Crippen LogP contribution in [0.15, 0.2) is 42.5 Å². The third-order valence-electron chi connectivity index (χ3n) is 3.44. The lowest BCUT2D eigenvalue weighted by Crippen LogP contribution is -2.04. The normalized spacial score (nSPS) is 10.8. The minimum Gasteiger partial charge on any atom is -0.381 e. The number of hydrogen-bond donors (Lipinski definition) is 1. The van der Waals surface area contributed by atoms with Gasteiger partial charge in [0, 0.05) is 17.8 Å². The molecule has 0 fully saturated rings. The van der Waals surface area contributed by atoms with Crippen molar-refractivity contribution in [1.82, 2.24) is 0 Å². The van der Waals surface area contributed by atoms with Crippen molar-refractivity contribution in [2.24, 2.45) is 0 Å². The van der Waals surface area contributed by atoms with E-state index in [0.29, 0.717) is 6.54 Å². The van der Waals surface area contributed by atoms with Gasteiger partial charge in [-0.15, -0.1) is 0 Å². The monoisotopic (exact) mass is 275 g/mol. The second-order valence-corrected chi connectivity index (χ2v) is 4.86. The molecule has 20 heavy (non-hydrogen) atoms. The van der Waals surface area contributed by atoms with Gasteiger partial charge in [0.25, 0.3) is 6.43 Å². The molecule has 2 rings (SSSR count). The number of anilines is 1. The highest BCUT2D eigenvalue weighted by atomic mass is 19.3. The van der Waals surface area contributed by atoms with E-state index in [9.17, 15) is 8.78 Å². The van der Waals surface area contributed by atoms with Crippen LogP contribution in [0, 0.1) is 6.92 Å². The molecule has 0 radical (unpaired) electrons. The molecule has 0 saturated carbocycles. The van der Waals surface area contributed by atoms with Crippen LogP contribution in [0.2, 0.25) is 0 Å². The highest BCUT2D eigenvalue weighted by Gasteiger charge is 2.07. The van der Waals surface area contributed by atoms with E-state index in [1.165, 1.54) is 23.3 Å². The van der Waals surface area contributed by atoms with Gasteiger partial charge in [-0.2, -0.15) is 0 Å². The van der Waals surface area contributed by atoms with Crippen molar-refractivity contribution >= 4 is 5.69 Å². The molecule has 3 heteroatoms. The fourth-order valence-electron chi connectivity index (χ4n) is 2.25. The summed E-state index contributed by atoms with van der Waals surface area (Å²) >= 11 is 0. The average Bonchev–Trinajstić information content (AvgIpc) is 2.46. The number of alkyl halides is 2. The van der Waals surface area contributed by atoms with Crippen molar-refractivity contribution in [3.8, 4) is 0 Å². The Balaban J connectivity index is 2.09. The quantitative estimate of drug-likeness (QED) is 0.799. The molecule has 0 unspecified atom stereocenters. The third-order valence-corrected chi connectivity index (χ3v) is 3.44. The molecule has 2 aromatic carbocycles. The summed E-state index contributed by atoms with van der Waals surface area (Å²) in [6, 6.07) is 12.7. The van der Waals surface area contributed by atoms with Crippen molar-refractivity contribution in [3.63, 3.8) is 0 Å². The molecule has 0 saturated heterocycles. The summed E-state index contributed by atoms with van der Waals surface area (Å²) in [4.78, 5) is 0. The number of halogens is 2. The summed E-state index contributed by atoms with van der Waals surface area (Å²) in [6.45, 7) is 4.83. The van der Waals surface area contributed by atoms with Crippen LogP contribution in [0.3, 0.4) is 0 Å². The molecule has 0 aliphatic rings. The van der Waals surface area contributed by atoms with Gasteiger partial charge in [-0.25, -0.2) is 8.78 Å². The van der Waals surface area contributed by atoms with Gasteiger partial charge in [0.1, 0.15) is 0 Å². The van der Waals surface area contributed by atoms with E-state index in [4.69, 9.17) is 0 Å². The Kier molecular flexibility index (Phi) is 4.72. The molecular weight excluding hydrogens is 256 g/mol. The first-order valence-electron chi connectivity index (χ1n) is 6.81. The maximum atomic E-state index is 12.5. The van der Waals surface area contributed by atoms with Crippen LogP contribution in [0.1, 0.15) is 35.6 Å². The van der Waals surface area contributed by atoms with E-state index < -0.39 is 6.43 Å². The van der Waals surface area contributed by atoms with Gasteiger partial charge in [-0.3, -0.25) is 0 Å². The van der Waals surface area contributed by atoms with Crippen LogP contribution in [0.25, 0.3) is 0 Å². The first-order chi connectivity index (χ1) is 9.61. The Labute approximate surface area is 118 Å². The lowest BCUT2D eigenvalue weighted by Gasteiger charge is -2.14. The molecule has 0 heterocycles. The number of benzene rings is 2. The molecule has 106 valence electrons. The van der Waals surface area contributed by atoms with Crippen LogP contribution >= 0.6 is 0 Å². The first kappa shape index (κ1) is 14.5.